The van der Waals surface area contributed by atoms with Crippen LogP contribution in [0.1, 0.15) is 13.3 Å². The second kappa shape index (κ2) is 15.9. The molecule has 0 aliphatic carbocycles. The normalized spacial score (nSPS) is 6.88. The van der Waals surface area contributed by atoms with Gasteiger partial charge in [0.05, 0.1) is 0 Å². The van der Waals surface area contributed by atoms with Crippen LogP contribution in [0, 0.1) is 0 Å². The Morgan fingerprint density at radius 3 is 1.88 bits per heavy atom. The molecule has 0 saturated carbocycles. The Balaban J connectivity index is 0. The van der Waals surface area contributed by atoms with Crippen molar-refractivity contribution < 1.29 is 10.2 Å². The third-order valence-corrected chi connectivity index (χ3v) is 0.333. The zero-order valence-corrected chi connectivity index (χ0v) is 5.30. The van der Waals surface area contributed by atoms with E-state index in [0.29, 0.717) is 6.42 Å². The molecule has 0 atom stereocenters. The molecule has 0 unspecified atom stereocenters. The maximum Gasteiger partial charge on any atom is 0.0465 e. The van der Waals surface area contributed by atoms with E-state index in [1.165, 1.54) is 0 Å². The fraction of sp³-hybridized carbons (Fsp3) is 0.667. The van der Waals surface area contributed by atoms with Crippen LogP contribution in [-0.2, 0) is 0 Å². The summed E-state index contributed by atoms with van der Waals surface area (Å²) >= 11 is 0. The fourth-order valence-electron chi connectivity index (χ4n) is 0.0913. The molecule has 0 aromatic rings. The van der Waals surface area contributed by atoms with Gasteiger partial charge in [-0.3, -0.25) is 0 Å². The van der Waals surface area contributed by atoms with Crippen LogP contribution < -0.4 is 0 Å². The number of hydrogen-bond acceptors (Lipinski definition) is 2. The van der Waals surface area contributed by atoms with E-state index in [0.717, 1.165) is 0 Å². The van der Waals surface area contributed by atoms with Crippen molar-refractivity contribution in [1.82, 2.24) is 0 Å². The highest BCUT2D eigenvalue weighted by atomic mass is 16.3. The molecule has 0 aromatic heterocycles. The van der Waals surface area contributed by atoms with E-state index in [1.54, 1.807) is 13.0 Å². The Bertz CT molecular complexity index is 35.5. The van der Waals surface area contributed by atoms with Gasteiger partial charge < -0.3 is 10.2 Å². The first-order chi connectivity index (χ1) is 3.83. The van der Waals surface area contributed by atoms with Crippen molar-refractivity contribution in [2.75, 3.05) is 13.2 Å². The molecular formula is C6H14O2. The lowest BCUT2D eigenvalue weighted by molar-refractivity contribution is 0.303. The van der Waals surface area contributed by atoms with E-state index >= 15 is 0 Å². The lowest BCUT2D eigenvalue weighted by Gasteiger charge is -1.73. The van der Waals surface area contributed by atoms with Gasteiger partial charge in [-0.2, -0.15) is 0 Å². The van der Waals surface area contributed by atoms with Crippen LogP contribution >= 0.6 is 0 Å². The molecule has 0 radical (unpaired) electrons. The van der Waals surface area contributed by atoms with Crippen LogP contribution in [-0.4, -0.2) is 23.4 Å². The molecule has 8 heavy (non-hydrogen) atoms. The summed E-state index contributed by atoms with van der Waals surface area (Å²) in [4.78, 5) is 0. The maximum atomic E-state index is 8.00. The largest absolute Gasteiger partial charge is 0.397 e. The third kappa shape index (κ3) is 44.6. The quantitative estimate of drug-likeness (QED) is 0.520. The molecule has 0 amide bonds. The molecule has 0 spiro atoms. The second-order valence-electron chi connectivity index (χ2n) is 1.12. The first kappa shape index (κ1) is 10.6. The van der Waals surface area contributed by atoms with Crippen LogP contribution in [0.4, 0.5) is 0 Å². The van der Waals surface area contributed by atoms with Crippen molar-refractivity contribution in [3.05, 3.63) is 12.7 Å². The molecule has 0 heterocycles. The predicted octanol–water partition coefficient (Wildman–Crippen LogP) is 0.553. The minimum Gasteiger partial charge on any atom is -0.397 e. The Labute approximate surface area is 50.5 Å². The first-order valence-corrected chi connectivity index (χ1v) is 2.66. The minimum absolute atomic E-state index is 0.226. The van der Waals surface area contributed by atoms with E-state index < -0.39 is 0 Å². The topological polar surface area (TPSA) is 40.5 Å². The van der Waals surface area contributed by atoms with Crippen LogP contribution in [0.3, 0.4) is 0 Å². The second-order valence-corrected chi connectivity index (χ2v) is 1.12. The Morgan fingerprint density at radius 2 is 1.88 bits per heavy atom. The number of hydrogen-bond donors (Lipinski definition) is 2. The highest BCUT2D eigenvalue weighted by Crippen LogP contribution is 1.69. The molecule has 0 rings (SSSR count). The van der Waals surface area contributed by atoms with E-state index in [1.807, 2.05) is 0 Å². The van der Waals surface area contributed by atoms with E-state index in [2.05, 4.69) is 6.58 Å². The van der Waals surface area contributed by atoms with Crippen molar-refractivity contribution >= 4 is 0 Å². The van der Waals surface area contributed by atoms with E-state index in [4.69, 9.17) is 10.2 Å². The van der Waals surface area contributed by atoms with Crippen LogP contribution in [0.2, 0.25) is 0 Å². The summed E-state index contributed by atoms with van der Waals surface area (Å²) in [5, 5.41) is 15.6. The average molecular weight is 118 g/mol. The molecule has 0 aromatic carbocycles. The van der Waals surface area contributed by atoms with E-state index in [9.17, 15) is 0 Å². The van der Waals surface area contributed by atoms with Gasteiger partial charge in [0.25, 0.3) is 0 Å². The van der Waals surface area contributed by atoms with Gasteiger partial charge in [-0.1, -0.05) is 6.08 Å². The van der Waals surface area contributed by atoms with Gasteiger partial charge in [0.1, 0.15) is 0 Å². The van der Waals surface area contributed by atoms with Crippen molar-refractivity contribution in [3.63, 3.8) is 0 Å². The molecule has 0 fully saturated rings. The van der Waals surface area contributed by atoms with Gasteiger partial charge in [-0.15, -0.1) is 6.58 Å². The molecule has 0 aliphatic rings. The van der Waals surface area contributed by atoms with Crippen molar-refractivity contribution in [1.29, 1.82) is 0 Å². The molecule has 50 valence electrons. The van der Waals surface area contributed by atoms with Gasteiger partial charge in [0, 0.05) is 13.2 Å². The summed E-state index contributed by atoms with van der Waals surface area (Å²) in [5.74, 6) is 0. The Hall–Kier alpha value is -0.340. The third-order valence-electron chi connectivity index (χ3n) is 0.333. The van der Waals surface area contributed by atoms with E-state index in [-0.39, 0.29) is 13.2 Å². The number of aliphatic hydroxyl groups is 2. The first-order valence-electron chi connectivity index (χ1n) is 2.66. The van der Waals surface area contributed by atoms with Crippen LogP contribution in [0.5, 0.6) is 0 Å². The minimum atomic E-state index is 0.226. The molecule has 0 bridgehead atoms. The predicted molar refractivity (Wildman–Crippen MR) is 34.7 cm³/mol. The summed E-state index contributed by atoms with van der Waals surface area (Å²) in [6, 6.07) is 0. The van der Waals surface area contributed by atoms with Crippen LogP contribution in [0.25, 0.3) is 0 Å². The lowest BCUT2D eigenvalue weighted by Crippen LogP contribution is -1.71. The summed E-state index contributed by atoms with van der Waals surface area (Å²) in [7, 11) is 0. The van der Waals surface area contributed by atoms with Gasteiger partial charge in [-0.25, -0.2) is 0 Å². The van der Waals surface area contributed by atoms with Gasteiger partial charge in [-0.05, 0) is 13.3 Å². The van der Waals surface area contributed by atoms with Crippen LogP contribution in [0.15, 0.2) is 12.7 Å². The molecule has 0 aliphatic heterocycles. The summed E-state index contributed by atoms with van der Waals surface area (Å²) in [6.45, 7) is 5.55. The smallest absolute Gasteiger partial charge is 0.0465 e. The lowest BCUT2D eigenvalue weighted by atomic mass is 10.5. The van der Waals surface area contributed by atoms with Gasteiger partial charge in [0.15, 0.2) is 0 Å². The highest BCUT2D eigenvalue weighted by Gasteiger charge is 1.62. The van der Waals surface area contributed by atoms with Crippen molar-refractivity contribution in [3.8, 4) is 0 Å². The van der Waals surface area contributed by atoms with Gasteiger partial charge >= 0.3 is 0 Å². The zero-order valence-electron chi connectivity index (χ0n) is 5.30. The van der Waals surface area contributed by atoms with Crippen molar-refractivity contribution in [2.24, 2.45) is 0 Å². The summed E-state index contributed by atoms with van der Waals surface area (Å²) in [5.41, 5.74) is 0. The number of aliphatic hydroxyl groups excluding tert-OH is 2. The standard InChI is InChI=1S/C4H8O.C2H6O/c1-2-3-4-5;1-2-3/h2,5H,1,3-4H2;3H,2H2,1H3. The number of rotatable bonds is 2. The molecular weight excluding hydrogens is 104 g/mol. The fourth-order valence-corrected chi connectivity index (χ4v) is 0.0913. The zero-order chi connectivity index (χ0) is 6.83. The maximum absolute atomic E-state index is 8.00. The Morgan fingerprint density at radius 1 is 1.50 bits per heavy atom. The molecule has 2 N–H and O–H groups in total. The highest BCUT2D eigenvalue weighted by molar-refractivity contribution is 4.63. The molecule has 2 heteroatoms. The Kier molecular flexibility index (Phi) is 21.1. The average Bonchev–Trinajstić information content (AvgIpc) is 1.71. The molecule has 2 nitrogen and oxygen atoms in total. The SMILES string of the molecule is C=CCCO.CCO. The monoisotopic (exact) mass is 118 g/mol. The molecule has 0 saturated heterocycles. The van der Waals surface area contributed by atoms with Crippen molar-refractivity contribution in [2.45, 2.75) is 13.3 Å². The van der Waals surface area contributed by atoms with Gasteiger partial charge in [0.2, 0.25) is 0 Å². The summed E-state index contributed by atoms with van der Waals surface area (Å²) < 4.78 is 0. The summed E-state index contributed by atoms with van der Waals surface area (Å²) in [6.07, 6.45) is 2.39.